The average Bonchev–Trinajstić information content (AvgIpc) is 2.97. The summed E-state index contributed by atoms with van der Waals surface area (Å²) in [7, 11) is 2.37. The van der Waals surface area contributed by atoms with Crippen molar-refractivity contribution in [2.24, 2.45) is 5.73 Å². The predicted molar refractivity (Wildman–Crippen MR) is 143 cm³/mol. The Labute approximate surface area is 228 Å². The van der Waals surface area contributed by atoms with Crippen LogP contribution in [0.25, 0.3) is 0 Å². The van der Waals surface area contributed by atoms with Crippen LogP contribution in [-0.4, -0.2) is 31.1 Å². The molecule has 3 aromatic carbocycles. The van der Waals surface area contributed by atoms with E-state index in [1.165, 1.54) is 43.0 Å². The Kier molecular flexibility index (Phi) is 7.98. The maximum absolute atomic E-state index is 13.1. The molecule has 0 aliphatic carbocycles. The van der Waals surface area contributed by atoms with Crippen LogP contribution in [0.3, 0.4) is 0 Å². The molecule has 3 aromatic rings. The van der Waals surface area contributed by atoms with E-state index in [2.05, 4.69) is 6.07 Å². The summed E-state index contributed by atoms with van der Waals surface area (Å²) in [5, 5.41) is 21.0. The van der Waals surface area contributed by atoms with Gasteiger partial charge in [-0.25, -0.2) is 9.59 Å². The fraction of sp³-hybridized carbons (Fsp3) is 0.107. The fourth-order valence-corrected chi connectivity index (χ4v) is 5.03. The Morgan fingerprint density at radius 3 is 2.03 bits per heavy atom. The van der Waals surface area contributed by atoms with Gasteiger partial charge in [-0.05, 0) is 42.0 Å². The Bertz CT molecular complexity index is 1530. The Morgan fingerprint density at radius 1 is 0.949 bits per heavy atom. The number of carbonyl (C=O) groups is 2. The maximum atomic E-state index is 13.1. The van der Waals surface area contributed by atoms with Crippen molar-refractivity contribution >= 4 is 35.1 Å². The number of ether oxygens (including phenoxy) is 2. The number of methoxy groups -OCH3 is 2. The molecule has 4 rings (SSSR count). The standard InChI is InChI=1S/C28H22N4O6S/c1-37-27(33)24-23(17-6-4-3-5-7-17)22(16-29)26(30)31(25(24)28(34)38-2)18-8-12-20(13-9-18)39-21-14-10-19(11-15-21)32(35)36/h3-15,23H,30H2,1-2H3. The number of esters is 2. The normalized spacial score (nSPS) is 15.0. The highest BCUT2D eigenvalue weighted by Gasteiger charge is 2.42. The van der Waals surface area contributed by atoms with Crippen molar-refractivity contribution in [1.82, 2.24) is 0 Å². The van der Waals surface area contributed by atoms with Crippen LogP contribution < -0.4 is 10.6 Å². The molecule has 2 N–H and O–H groups in total. The first-order chi connectivity index (χ1) is 18.8. The summed E-state index contributed by atoms with van der Waals surface area (Å²) in [6, 6.07) is 23.9. The summed E-state index contributed by atoms with van der Waals surface area (Å²) in [5.41, 5.74) is 7.31. The smallest absolute Gasteiger partial charge is 0.355 e. The summed E-state index contributed by atoms with van der Waals surface area (Å²) in [6.45, 7) is 0. The molecule has 39 heavy (non-hydrogen) atoms. The van der Waals surface area contributed by atoms with E-state index >= 15 is 0 Å². The Balaban J connectivity index is 1.81. The number of nitro groups is 1. The van der Waals surface area contributed by atoms with Crippen molar-refractivity contribution < 1.29 is 24.0 Å². The van der Waals surface area contributed by atoms with Gasteiger partial charge in [0.15, 0.2) is 0 Å². The Hall–Kier alpha value is -5.08. The van der Waals surface area contributed by atoms with Gasteiger partial charge >= 0.3 is 11.9 Å². The van der Waals surface area contributed by atoms with E-state index in [0.717, 1.165) is 9.79 Å². The van der Waals surface area contributed by atoms with E-state index < -0.39 is 22.8 Å². The number of allylic oxidation sites excluding steroid dienone is 1. The van der Waals surface area contributed by atoms with Crippen LogP contribution in [0.15, 0.2) is 111 Å². The van der Waals surface area contributed by atoms with Crippen molar-refractivity contribution in [3.05, 3.63) is 117 Å². The largest absolute Gasteiger partial charge is 0.466 e. The monoisotopic (exact) mass is 542 g/mol. The minimum Gasteiger partial charge on any atom is -0.466 e. The molecule has 11 heteroatoms. The SMILES string of the molecule is COC(=O)C1=C(C(=O)OC)N(c2ccc(Sc3ccc([N+](=O)[O-])cc3)cc2)C(N)=C(C#N)C1c1ccccc1. The quantitative estimate of drug-likeness (QED) is 0.254. The number of hydrogen-bond donors (Lipinski definition) is 1. The van der Waals surface area contributed by atoms with Crippen LogP contribution in [-0.2, 0) is 19.1 Å². The lowest BCUT2D eigenvalue weighted by Gasteiger charge is -2.35. The molecule has 0 radical (unpaired) electrons. The third-order valence-electron chi connectivity index (χ3n) is 5.99. The van der Waals surface area contributed by atoms with Crippen molar-refractivity contribution in [3.63, 3.8) is 0 Å². The number of nitrogens with zero attached hydrogens (tertiary/aromatic N) is 3. The Morgan fingerprint density at radius 2 is 1.51 bits per heavy atom. The molecule has 1 atom stereocenters. The van der Waals surface area contributed by atoms with Crippen molar-refractivity contribution in [2.45, 2.75) is 15.7 Å². The van der Waals surface area contributed by atoms with Crippen LogP contribution >= 0.6 is 11.8 Å². The van der Waals surface area contributed by atoms with Gasteiger partial charge < -0.3 is 15.2 Å². The van der Waals surface area contributed by atoms with E-state index in [4.69, 9.17) is 15.2 Å². The number of nitro benzene ring substituents is 1. The molecule has 0 bridgehead atoms. The summed E-state index contributed by atoms with van der Waals surface area (Å²) < 4.78 is 10.1. The summed E-state index contributed by atoms with van der Waals surface area (Å²) >= 11 is 1.37. The third kappa shape index (κ3) is 5.32. The molecule has 1 heterocycles. The van der Waals surface area contributed by atoms with Crippen molar-refractivity contribution in [2.75, 3.05) is 19.1 Å². The molecule has 0 spiro atoms. The molecular formula is C28H22N4O6S. The molecule has 0 aromatic heterocycles. The van der Waals surface area contributed by atoms with E-state index in [1.807, 2.05) is 0 Å². The molecule has 196 valence electrons. The minimum atomic E-state index is -0.953. The van der Waals surface area contributed by atoms with Gasteiger partial charge in [0.25, 0.3) is 5.69 Å². The first-order valence-electron chi connectivity index (χ1n) is 11.5. The van der Waals surface area contributed by atoms with Gasteiger partial charge in [0, 0.05) is 27.6 Å². The lowest BCUT2D eigenvalue weighted by Crippen LogP contribution is -2.40. The van der Waals surface area contributed by atoms with Crippen LogP contribution in [0.4, 0.5) is 11.4 Å². The number of anilines is 1. The number of benzene rings is 3. The molecule has 0 saturated carbocycles. The van der Waals surface area contributed by atoms with Crippen molar-refractivity contribution in [1.29, 1.82) is 5.26 Å². The number of rotatable bonds is 7. The summed E-state index contributed by atoms with van der Waals surface area (Å²) in [4.78, 5) is 39.6. The molecule has 1 aliphatic heterocycles. The van der Waals surface area contributed by atoms with Gasteiger partial charge in [-0.15, -0.1) is 0 Å². The minimum absolute atomic E-state index is 0.00676. The number of nitrogens with two attached hydrogens (primary N) is 1. The van der Waals surface area contributed by atoms with E-state index in [0.29, 0.717) is 11.3 Å². The van der Waals surface area contributed by atoms with Gasteiger partial charge in [-0.3, -0.25) is 15.0 Å². The predicted octanol–water partition coefficient (Wildman–Crippen LogP) is 4.64. The van der Waals surface area contributed by atoms with Gasteiger partial charge in [0.1, 0.15) is 11.5 Å². The zero-order valence-corrected chi connectivity index (χ0v) is 21.7. The molecule has 1 aliphatic rings. The van der Waals surface area contributed by atoms with Gasteiger partial charge in [0.2, 0.25) is 0 Å². The second-order valence-corrected chi connectivity index (χ2v) is 9.33. The summed E-state index contributed by atoms with van der Waals surface area (Å²) in [5.74, 6) is -2.62. The first kappa shape index (κ1) is 27.0. The first-order valence-corrected chi connectivity index (χ1v) is 12.3. The molecule has 0 fully saturated rings. The third-order valence-corrected chi connectivity index (χ3v) is 7.00. The highest BCUT2D eigenvalue weighted by Crippen LogP contribution is 2.43. The van der Waals surface area contributed by atoms with E-state index in [1.54, 1.807) is 66.7 Å². The van der Waals surface area contributed by atoms with Crippen LogP contribution in [0.5, 0.6) is 0 Å². The highest BCUT2D eigenvalue weighted by molar-refractivity contribution is 7.99. The second kappa shape index (κ2) is 11.5. The number of carbonyl (C=O) groups excluding carboxylic acids is 2. The van der Waals surface area contributed by atoms with Crippen LogP contribution in [0, 0.1) is 21.4 Å². The van der Waals surface area contributed by atoms with Crippen LogP contribution in [0.2, 0.25) is 0 Å². The molecule has 0 saturated heterocycles. The number of non-ortho nitro benzene ring substituents is 1. The zero-order chi connectivity index (χ0) is 28.1. The highest BCUT2D eigenvalue weighted by atomic mass is 32.2. The number of nitriles is 1. The van der Waals surface area contributed by atoms with E-state index in [-0.39, 0.29) is 28.4 Å². The number of hydrogen-bond acceptors (Lipinski definition) is 10. The van der Waals surface area contributed by atoms with Crippen LogP contribution in [0.1, 0.15) is 11.5 Å². The fourth-order valence-electron chi connectivity index (χ4n) is 4.22. The average molecular weight is 543 g/mol. The topological polar surface area (TPSA) is 149 Å². The van der Waals surface area contributed by atoms with Gasteiger partial charge in [-0.2, -0.15) is 5.26 Å². The summed E-state index contributed by atoms with van der Waals surface area (Å²) in [6.07, 6.45) is 0. The lowest BCUT2D eigenvalue weighted by atomic mass is 9.81. The lowest BCUT2D eigenvalue weighted by molar-refractivity contribution is -0.384. The molecular weight excluding hydrogens is 520 g/mol. The molecule has 0 amide bonds. The molecule has 1 unspecified atom stereocenters. The maximum Gasteiger partial charge on any atom is 0.355 e. The zero-order valence-electron chi connectivity index (χ0n) is 20.9. The van der Waals surface area contributed by atoms with Gasteiger partial charge in [0.05, 0.1) is 42.3 Å². The molecule has 10 nitrogen and oxygen atoms in total. The van der Waals surface area contributed by atoms with Gasteiger partial charge in [-0.1, -0.05) is 42.1 Å². The second-order valence-electron chi connectivity index (χ2n) is 8.18. The van der Waals surface area contributed by atoms with E-state index in [9.17, 15) is 25.0 Å². The van der Waals surface area contributed by atoms with Crippen molar-refractivity contribution in [3.8, 4) is 6.07 Å².